The number of pyridine rings is 1. The van der Waals surface area contributed by atoms with Crippen LogP contribution in [0.5, 0.6) is 0 Å². The van der Waals surface area contributed by atoms with Gasteiger partial charge in [-0.25, -0.2) is 9.97 Å². The zero-order chi connectivity index (χ0) is 11.2. The van der Waals surface area contributed by atoms with Crippen molar-refractivity contribution in [1.29, 1.82) is 0 Å². The Hall–Kier alpha value is -1.62. The van der Waals surface area contributed by atoms with Gasteiger partial charge >= 0.3 is 0 Å². The van der Waals surface area contributed by atoms with Crippen LogP contribution in [0.1, 0.15) is 5.69 Å². The molecule has 0 amide bonds. The molecular formula is C11H14N4S. The van der Waals surface area contributed by atoms with Crippen LogP contribution >= 0.6 is 11.3 Å². The van der Waals surface area contributed by atoms with E-state index < -0.39 is 0 Å². The lowest BCUT2D eigenvalue weighted by Gasteiger charge is -2.06. The lowest BCUT2D eigenvalue weighted by atomic mass is 10.3. The Labute approximate surface area is 98.8 Å². The van der Waals surface area contributed by atoms with Crippen LogP contribution in [-0.2, 0) is 6.42 Å². The summed E-state index contributed by atoms with van der Waals surface area (Å²) in [5.41, 5.74) is 4.08. The minimum absolute atomic E-state index is 0.874. The molecule has 0 fully saturated rings. The summed E-state index contributed by atoms with van der Waals surface area (Å²) in [6.07, 6.45) is 2.73. The summed E-state index contributed by atoms with van der Waals surface area (Å²) in [6.45, 7) is 0.886. The molecule has 5 heteroatoms. The molecule has 0 aliphatic rings. The van der Waals surface area contributed by atoms with Crippen molar-refractivity contribution in [3.8, 4) is 0 Å². The third-order valence-corrected chi connectivity index (χ3v) is 2.85. The van der Waals surface area contributed by atoms with Gasteiger partial charge in [-0.15, -0.1) is 11.3 Å². The summed E-state index contributed by atoms with van der Waals surface area (Å²) in [6, 6.07) is 3.95. The van der Waals surface area contributed by atoms with E-state index in [1.54, 1.807) is 17.5 Å². The molecule has 0 aliphatic carbocycles. The number of thiazole rings is 1. The summed E-state index contributed by atoms with van der Waals surface area (Å²) in [7, 11) is 1.86. The predicted octanol–water partition coefficient (Wildman–Crippen LogP) is 2.23. The van der Waals surface area contributed by atoms with E-state index in [1.165, 1.54) is 0 Å². The molecule has 2 N–H and O–H groups in total. The van der Waals surface area contributed by atoms with Gasteiger partial charge in [0.2, 0.25) is 0 Å². The third kappa shape index (κ3) is 2.93. The van der Waals surface area contributed by atoms with Crippen LogP contribution in [0.4, 0.5) is 11.5 Å². The second-order valence-electron chi connectivity index (χ2n) is 3.34. The first-order valence-corrected chi connectivity index (χ1v) is 6.07. The molecule has 16 heavy (non-hydrogen) atoms. The van der Waals surface area contributed by atoms with Crippen LogP contribution in [0, 0.1) is 0 Å². The van der Waals surface area contributed by atoms with Gasteiger partial charge in [0.25, 0.3) is 0 Å². The highest BCUT2D eigenvalue weighted by molar-refractivity contribution is 7.07. The number of anilines is 2. The highest BCUT2D eigenvalue weighted by Gasteiger charge is 1.96. The Balaban J connectivity index is 1.85. The lowest BCUT2D eigenvalue weighted by molar-refractivity contribution is 0.976. The summed E-state index contributed by atoms with van der Waals surface area (Å²) in [5, 5.41) is 8.43. The highest BCUT2D eigenvalue weighted by atomic mass is 32.1. The maximum absolute atomic E-state index is 4.23. The molecule has 2 aromatic heterocycles. The SMILES string of the molecule is CNc1cc(NCCc2cscn2)ccn1. The van der Waals surface area contributed by atoms with E-state index in [2.05, 4.69) is 26.0 Å². The Morgan fingerprint density at radius 3 is 3.06 bits per heavy atom. The van der Waals surface area contributed by atoms with Gasteiger partial charge < -0.3 is 10.6 Å². The van der Waals surface area contributed by atoms with Crippen LogP contribution in [0.15, 0.2) is 29.2 Å². The molecule has 0 bridgehead atoms. The maximum atomic E-state index is 4.23. The molecule has 2 aromatic rings. The second-order valence-corrected chi connectivity index (χ2v) is 4.06. The predicted molar refractivity (Wildman–Crippen MR) is 68.1 cm³/mol. The molecule has 0 aromatic carbocycles. The Bertz CT molecular complexity index is 427. The van der Waals surface area contributed by atoms with Gasteiger partial charge in [-0.05, 0) is 6.07 Å². The normalized spacial score (nSPS) is 10.1. The fourth-order valence-corrected chi connectivity index (χ4v) is 1.97. The number of nitrogens with zero attached hydrogens (tertiary/aromatic N) is 2. The van der Waals surface area contributed by atoms with Gasteiger partial charge in [0.05, 0.1) is 11.2 Å². The number of hydrogen-bond acceptors (Lipinski definition) is 5. The average molecular weight is 234 g/mol. The fourth-order valence-electron chi connectivity index (χ4n) is 1.37. The van der Waals surface area contributed by atoms with Gasteiger partial charge in [0, 0.05) is 43.3 Å². The van der Waals surface area contributed by atoms with Gasteiger partial charge in [0.15, 0.2) is 0 Å². The van der Waals surface area contributed by atoms with Crippen LogP contribution in [-0.4, -0.2) is 23.6 Å². The van der Waals surface area contributed by atoms with Crippen molar-refractivity contribution in [1.82, 2.24) is 9.97 Å². The minimum atomic E-state index is 0.874. The first-order valence-electron chi connectivity index (χ1n) is 5.13. The van der Waals surface area contributed by atoms with E-state index in [-0.39, 0.29) is 0 Å². The Morgan fingerprint density at radius 1 is 1.38 bits per heavy atom. The van der Waals surface area contributed by atoms with E-state index in [1.807, 2.05) is 24.7 Å². The average Bonchev–Trinajstić information content (AvgIpc) is 2.82. The fraction of sp³-hybridized carbons (Fsp3) is 0.273. The Kier molecular flexibility index (Phi) is 3.71. The monoisotopic (exact) mass is 234 g/mol. The third-order valence-electron chi connectivity index (χ3n) is 2.21. The molecule has 0 radical (unpaired) electrons. The van der Waals surface area contributed by atoms with E-state index in [0.29, 0.717) is 0 Å². The lowest BCUT2D eigenvalue weighted by Crippen LogP contribution is -2.05. The van der Waals surface area contributed by atoms with Crippen molar-refractivity contribution in [2.24, 2.45) is 0 Å². The van der Waals surface area contributed by atoms with Crippen molar-refractivity contribution in [2.75, 3.05) is 24.2 Å². The van der Waals surface area contributed by atoms with Crippen LogP contribution < -0.4 is 10.6 Å². The standard InChI is InChI=1S/C11H14N4S/c1-12-11-6-9(2-5-14-11)13-4-3-10-7-16-8-15-10/h2,5-8H,3-4H2,1H3,(H2,12,13,14). The van der Waals surface area contributed by atoms with Crippen molar-refractivity contribution >= 4 is 22.8 Å². The zero-order valence-corrected chi connectivity index (χ0v) is 9.92. The quantitative estimate of drug-likeness (QED) is 0.833. The molecular weight excluding hydrogens is 220 g/mol. The zero-order valence-electron chi connectivity index (χ0n) is 9.10. The van der Waals surface area contributed by atoms with Crippen molar-refractivity contribution in [3.05, 3.63) is 34.9 Å². The smallest absolute Gasteiger partial charge is 0.127 e. The molecule has 2 rings (SSSR count). The summed E-state index contributed by atoms with van der Waals surface area (Å²) >= 11 is 1.63. The van der Waals surface area contributed by atoms with Crippen LogP contribution in [0.3, 0.4) is 0 Å². The minimum Gasteiger partial charge on any atom is -0.384 e. The maximum Gasteiger partial charge on any atom is 0.127 e. The number of nitrogens with one attached hydrogen (secondary N) is 2. The first-order chi connectivity index (χ1) is 7.88. The number of rotatable bonds is 5. The van der Waals surface area contributed by atoms with Crippen LogP contribution in [0.25, 0.3) is 0 Å². The number of aromatic nitrogens is 2. The molecule has 2 heterocycles. The van der Waals surface area contributed by atoms with Crippen molar-refractivity contribution in [3.63, 3.8) is 0 Å². The topological polar surface area (TPSA) is 49.8 Å². The molecule has 0 spiro atoms. The van der Waals surface area contributed by atoms with Gasteiger partial charge in [-0.1, -0.05) is 0 Å². The summed E-state index contributed by atoms with van der Waals surface area (Å²) in [5.74, 6) is 0.874. The van der Waals surface area contributed by atoms with E-state index >= 15 is 0 Å². The molecule has 0 saturated heterocycles. The van der Waals surface area contributed by atoms with E-state index in [4.69, 9.17) is 0 Å². The van der Waals surface area contributed by atoms with E-state index in [9.17, 15) is 0 Å². The summed E-state index contributed by atoms with van der Waals surface area (Å²) in [4.78, 5) is 8.39. The van der Waals surface area contributed by atoms with Crippen molar-refractivity contribution in [2.45, 2.75) is 6.42 Å². The Morgan fingerprint density at radius 2 is 2.31 bits per heavy atom. The summed E-state index contributed by atoms with van der Waals surface area (Å²) < 4.78 is 0. The van der Waals surface area contributed by atoms with Crippen LogP contribution in [0.2, 0.25) is 0 Å². The first kappa shape index (κ1) is 10.9. The molecule has 0 aliphatic heterocycles. The molecule has 0 saturated carbocycles. The highest BCUT2D eigenvalue weighted by Crippen LogP contribution is 2.11. The van der Waals surface area contributed by atoms with Gasteiger partial charge in [-0.2, -0.15) is 0 Å². The van der Waals surface area contributed by atoms with Crippen molar-refractivity contribution < 1.29 is 0 Å². The van der Waals surface area contributed by atoms with E-state index in [0.717, 1.165) is 30.2 Å². The molecule has 0 atom stereocenters. The number of hydrogen-bond donors (Lipinski definition) is 2. The van der Waals surface area contributed by atoms with Gasteiger partial charge in [-0.3, -0.25) is 0 Å². The molecule has 4 nitrogen and oxygen atoms in total. The second kappa shape index (κ2) is 5.46. The van der Waals surface area contributed by atoms with Gasteiger partial charge in [0.1, 0.15) is 5.82 Å². The largest absolute Gasteiger partial charge is 0.384 e. The molecule has 84 valence electrons. The molecule has 0 unspecified atom stereocenters.